The Bertz CT molecular complexity index is 754. The van der Waals surface area contributed by atoms with Crippen LogP contribution in [0.3, 0.4) is 0 Å². The van der Waals surface area contributed by atoms with Gasteiger partial charge in [0.15, 0.2) is 0 Å². The molecule has 0 aliphatic rings. The van der Waals surface area contributed by atoms with Crippen LogP contribution in [0, 0.1) is 0 Å². The summed E-state index contributed by atoms with van der Waals surface area (Å²) in [5.41, 5.74) is 5.57. The zero-order valence-corrected chi connectivity index (χ0v) is 19.5. The van der Waals surface area contributed by atoms with E-state index in [0.29, 0.717) is 12.1 Å². The van der Waals surface area contributed by atoms with Crippen LogP contribution in [0.25, 0.3) is 0 Å². The first kappa shape index (κ1) is 26.2. The molecular formula is C26H34Cl2N2. The first-order valence-electron chi connectivity index (χ1n) is 10.3. The van der Waals surface area contributed by atoms with Crippen LogP contribution in [0.5, 0.6) is 0 Å². The molecule has 0 aliphatic heterocycles. The van der Waals surface area contributed by atoms with Crippen molar-refractivity contribution in [3.05, 3.63) is 107 Å². The van der Waals surface area contributed by atoms with Gasteiger partial charge in [-0.2, -0.15) is 0 Å². The molecule has 2 N–H and O–H groups in total. The molecule has 0 bridgehead atoms. The molecular weight excluding hydrogens is 411 g/mol. The minimum Gasteiger partial charge on any atom is -0.310 e. The molecule has 0 saturated heterocycles. The highest BCUT2D eigenvalue weighted by atomic mass is 35.5. The normalized spacial score (nSPS) is 12.3. The summed E-state index contributed by atoms with van der Waals surface area (Å²) in [7, 11) is 0. The third-order valence-corrected chi connectivity index (χ3v) is 5.17. The standard InChI is InChI=1S/C26H32N2.2ClH/c1-21(27-19-23-11-5-3-6-12-23)17-25-15-9-10-16-26(25)18-22(2)28-20-24-13-7-4-8-14-24;;/h3-16,21-22,27-28H,17-20H2,1-2H3;2*1H. The van der Waals surface area contributed by atoms with Crippen molar-refractivity contribution in [3.63, 3.8) is 0 Å². The van der Waals surface area contributed by atoms with E-state index in [9.17, 15) is 0 Å². The zero-order chi connectivity index (χ0) is 19.6. The van der Waals surface area contributed by atoms with E-state index in [4.69, 9.17) is 0 Å². The third-order valence-electron chi connectivity index (χ3n) is 5.17. The maximum Gasteiger partial charge on any atom is 0.0208 e. The van der Waals surface area contributed by atoms with Gasteiger partial charge in [0, 0.05) is 25.2 Å². The number of rotatable bonds is 10. The Labute approximate surface area is 194 Å². The molecule has 0 aromatic heterocycles. The number of nitrogens with one attached hydrogen (secondary N) is 2. The van der Waals surface area contributed by atoms with E-state index in [1.807, 2.05) is 0 Å². The van der Waals surface area contributed by atoms with Crippen molar-refractivity contribution in [2.45, 2.75) is 51.9 Å². The van der Waals surface area contributed by atoms with Gasteiger partial charge in [-0.3, -0.25) is 0 Å². The molecule has 2 unspecified atom stereocenters. The minimum absolute atomic E-state index is 0. The lowest BCUT2D eigenvalue weighted by atomic mass is 9.96. The summed E-state index contributed by atoms with van der Waals surface area (Å²) in [6.07, 6.45) is 2.10. The van der Waals surface area contributed by atoms with E-state index >= 15 is 0 Å². The lowest BCUT2D eigenvalue weighted by molar-refractivity contribution is 0.529. The van der Waals surface area contributed by atoms with Crippen LogP contribution >= 0.6 is 24.8 Å². The molecule has 3 aromatic rings. The molecule has 30 heavy (non-hydrogen) atoms. The molecule has 0 radical (unpaired) electrons. The van der Waals surface area contributed by atoms with Gasteiger partial charge >= 0.3 is 0 Å². The second-order valence-electron chi connectivity index (χ2n) is 7.71. The van der Waals surface area contributed by atoms with E-state index in [1.165, 1.54) is 22.3 Å². The highest BCUT2D eigenvalue weighted by Crippen LogP contribution is 2.14. The summed E-state index contributed by atoms with van der Waals surface area (Å²) >= 11 is 0. The van der Waals surface area contributed by atoms with Crippen molar-refractivity contribution in [1.82, 2.24) is 10.6 Å². The fourth-order valence-electron chi connectivity index (χ4n) is 3.54. The monoisotopic (exact) mass is 444 g/mol. The number of halogens is 2. The fourth-order valence-corrected chi connectivity index (χ4v) is 3.54. The van der Waals surface area contributed by atoms with E-state index in [-0.39, 0.29) is 24.8 Å². The third kappa shape index (κ3) is 8.89. The smallest absolute Gasteiger partial charge is 0.0208 e. The van der Waals surface area contributed by atoms with Gasteiger partial charge in [-0.15, -0.1) is 24.8 Å². The molecule has 0 fully saturated rings. The molecule has 4 heteroatoms. The van der Waals surface area contributed by atoms with Crippen LogP contribution in [-0.2, 0) is 25.9 Å². The number of hydrogen-bond donors (Lipinski definition) is 2. The summed E-state index contributed by atoms with van der Waals surface area (Å²) in [5.74, 6) is 0. The summed E-state index contributed by atoms with van der Waals surface area (Å²) in [4.78, 5) is 0. The largest absolute Gasteiger partial charge is 0.310 e. The summed E-state index contributed by atoms with van der Waals surface area (Å²) in [6, 6.07) is 31.0. The molecule has 162 valence electrons. The van der Waals surface area contributed by atoms with Gasteiger partial charge in [-0.25, -0.2) is 0 Å². The number of hydrogen-bond acceptors (Lipinski definition) is 2. The maximum absolute atomic E-state index is 3.66. The van der Waals surface area contributed by atoms with Crippen LogP contribution in [0.1, 0.15) is 36.1 Å². The molecule has 3 aromatic carbocycles. The lowest BCUT2D eigenvalue weighted by Crippen LogP contribution is -2.30. The highest BCUT2D eigenvalue weighted by molar-refractivity contribution is 5.85. The van der Waals surface area contributed by atoms with Crippen molar-refractivity contribution in [1.29, 1.82) is 0 Å². The summed E-state index contributed by atoms with van der Waals surface area (Å²) in [6.45, 7) is 6.38. The molecule has 3 rings (SSSR count). The predicted octanol–water partition coefficient (Wildman–Crippen LogP) is 5.97. The average Bonchev–Trinajstić information content (AvgIpc) is 2.74. The van der Waals surface area contributed by atoms with Crippen LogP contribution in [0.2, 0.25) is 0 Å². The van der Waals surface area contributed by atoms with Crippen LogP contribution < -0.4 is 10.6 Å². The Morgan fingerprint density at radius 2 is 0.867 bits per heavy atom. The van der Waals surface area contributed by atoms with Gasteiger partial charge < -0.3 is 10.6 Å². The highest BCUT2D eigenvalue weighted by Gasteiger charge is 2.10. The first-order valence-corrected chi connectivity index (χ1v) is 10.3. The lowest BCUT2D eigenvalue weighted by Gasteiger charge is -2.19. The maximum atomic E-state index is 3.66. The van der Waals surface area contributed by atoms with Crippen molar-refractivity contribution in [2.75, 3.05) is 0 Å². The molecule has 0 heterocycles. The van der Waals surface area contributed by atoms with E-state index in [2.05, 4.69) is 109 Å². The second kappa shape index (κ2) is 14.2. The van der Waals surface area contributed by atoms with E-state index in [1.54, 1.807) is 0 Å². The van der Waals surface area contributed by atoms with Gasteiger partial charge in [0.1, 0.15) is 0 Å². The van der Waals surface area contributed by atoms with Gasteiger partial charge in [0.2, 0.25) is 0 Å². The minimum atomic E-state index is 0. The molecule has 0 amide bonds. The van der Waals surface area contributed by atoms with Crippen molar-refractivity contribution >= 4 is 24.8 Å². The predicted molar refractivity (Wildman–Crippen MR) is 134 cm³/mol. The first-order chi connectivity index (χ1) is 13.7. The van der Waals surface area contributed by atoms with Crippen LogP contribution in [0.4, 0.5) is 0 Å². The van der Waals surface area contributed by atoms with Gasteiger partial charge in [-0.05, 0) is 48.9 Å². The zero-order valence-electron chi connectivity index (χ0n) is 17.9. The Hall–Kier alpha value is -1.84. The van der Waals surface area contributed by atoms with Crippen LogP contribution in [-0.4, -0.2) is 12.1 Å². The Morgan fingerprint density at radius 3 is 1.23 bits per heavy atom. The Morgan fingerprint density at radius 1 is 0.533 bits per heavy atom. The summed E-state index contributed by atoms with van der Waals surface area (Å²) in [5, 5.41) is 7.32. The van der Waals surface area contributed by atoms with E-state index in [0.717, 1.165) is 25.9 Å². The van der Waals surface area contributed by atoms with E-state index < -0.39 is 0 Å². The summed E-state index contributed by atoms with van der Waals surface area (Å²) < 4.78 is 0. The quantitative estimate of drug-likeness (QED) is 0.402. The topological polar surface area (TPSA) is 24.1 Å². The molecule has 0 aliphatic carbocycles. The molecule has 0 saturated carbocycles. The van der Waals surface area contributed by atoms with Crippen molar-refractivity contribution in [2.24, 2.45) is 0 Å². The average molecular weight is 445 g/mol. The number of benzene rings is 3. The molecule has 0 spiro atoms. The Balaban J connectivity index is 0.00000225. The van der Waals surface area contributed by atoms with Crippen molar-refractivity contribution in [3.8, 4) is 0 Å². The van der Waals surface area contributed by atoms with Crippen molar-refractivity contribution < 1.29 is 0 Å². The fraction of sp³-hybridized carbons (Fsp3) is 0.308. The second-order valence-corrected chi connectivity index (χ2v) is 7.71. The van der Waals surface area contributed by atoms with Gasteiger partial charge in [0.25, 0.3) is 0 Å². The van der Waals surface area contributed by atoms with Gasteiger partial charge in [-0.1, -0.05) is 84.9 Å². The van der Waals surface area contributed by atoms with Crippen LogP contribution in [0.15, 0.2) is 84.9 Å². The van der Waals surface area contributed by atoms with Gasteiger partial charge in [0.05, 0.1) is 0 Å². The Kier molecular flexibility index (Phi) is 12.4. The molecule has 2 nitrogen and oxygen atoms in total. The SMILES string of the molecule is CC(Cc1ccccc1CC(C)NCc1ccccc1)NCc1ccccc1.Cl.Cl. The molecule has 2 atom stereocenters.